The topological polar surface area (TPSA) is 220 Å². The van der Waals surface area contributed by atoms with Gasteiger partial charge in [0.2, 0.25) is 0 Å². The van der Waals surface area contributed by atoms with Crippen LogP contribution >= 0.6 is 0 Å². The maximum Gasteiger partial charge on any atom is 0.269 e. The number of nitriles is 6. The summed E-state index contributed by atoms with van der Waals surface area (Å²) in [5.41, 5.74) is -11.0. The number of allylic oxidation sites excluding steroid dienone is 3. The molecule has 4 aromatic rings. The molecule has 3 heterocycles. The van der Waals surface area contributed by atoms with E-state index in [1.807, 2.05) is 0 Å². The number of benzene rings is 1. The highest BCUT2D eigenvalue weighted by Crippen LogP contribution is 2.63. The first-order chi connectivity index (χ1) is 23.1. The van der Waals surface area contributed by atoms with Crippen LogP contribution in [0.15, 0.2) is 16.7 Å². The summed E-state index contributed by atoms with van der Waals surface area (Å²) in [7, 11) is 0. The lowest BCUT2D eigenvalue weighted by atomic mass is 9.83. The highest BCUT2D eigenvalue weighted by atomic mass is 19.2. The highest BCUT2D eigenvalue weighted by Gasteiger charge is 2.49. The third-order valence-electron chi connectivity index (χ3n) is 7.54. The van der Waals surface area contributed by atoms with Gasteiger partial charge in [-0.05, 0) is 0 Å². The van der Waals surface area contributed by atoms with Gasteiger partial charge in [0.05, 0.1) is 0 Å². The van der Waals surface area contributed by atoms with Gasteiger partial charge in [-0.3, -0.25) is 0 Å². The first kappa shape index (κ1) is 28.9. The van der Waals surface area contributed by atoms with Crippen molar-refractivity contribution in [1.82, 2.24) is 29.9 Å². The Labute approximate surface area is 261 Å². The van der Waals surface area contributed by atoms with Crippen molar-refractivity contribution in [3.05, 3.63) is 86.2 Å². The van der Waals surface area contributed by atoms with Gasteiger partial charge in [-0.25, -0.2) is 29.9 Å². The zero-order chi connectivity index (χ0) is 34.3. The standard InChI is InChI=1S/C30F6N12/c31-25-28(34)46-22-16-13(10(19(22)43-25)7(1-37)2-38)17-15(12(9(5-41)6-42)20-23(17)47-29(35)26(32)44-20)18-14(16)11(8(3-39)4-40)21-24(18)48-30(36)27(33)45-21. The van der Waals surface area contributed by atoms with Crippen LogP contribution in [0.25, 0.3) is 50.5 Å². The minimum absolute atomic E-state index is 0.462. The Bertz CT molecular complexity index is 2340. The molecular weight excluding hydrogens is 642 g/mol. The molecule has 3 aromatic heterocycles. The second-order valence-corrected chi connectivity index (χ2v) is 9.68. The number of fused-ring (bicyclic) bond motifs is 12. The van der Waals surface area contributed by atoms with E-state index < -0.39 is 137 Å². The molecule has 3 aliphatic carbocycles. The smallest absolute Gasteiger partial charge is 0.213 e. The van der Waals surface area contributed by atoms with Crippen LogP contribution in [0.3, 0.4) is 0 Å². The van der Waals surface area contributed by atoms with Crippen molar-refractivity contribution in [3.63, 3.8) is 0 Å². The summed E-state index contributed by atoms with van der Waals surface area (Å²) in [5.74, 6) is -10.9. The van der Waals surface area contributed by atoms with Crippen LogP contribution in [-0.2, 0) is 0 Å². The monoisotopic (exact) mass is 642 g/mol. The van der Waals surface area contributed by atoms with Crippen LogP contribution in [0.5, 0.6) is 0 Å². The molecule has 0 saturated carbocycles. The van der Waals surface area contributed by atoms with Crippen molar-refractivity contribution < 1.29 is 26.3 Å². The van der Waals surface area contributed by atoms with Gasteiger partial charge in [0, 0.05) is 50.1 Å². The second-order valence-electron chi connectivity index (χ2n) is 9.68. The van der Waals surface area contributed by atoms with E-state index in [0.717, 1.165) is 0 Å². The summed E-state index contributed by atoms with van der Waals surface area (Å²) in [6, 6.07) is 9.39. The molecule has 0 fully saturated rings. The third kappa shape index (κ3) is 3.43. The van der Waals surface area contributed by atoms with Crippen LogP contribution < -0.4 is 0 Å². The fourth-order valence-corrected chi connectivity index (χ4v) is 5.94. The Morgan fingerprint density at radius 2 is 0.500 bits per heavy atom. The van der Waals surface area contributed by atoms with E-state index in [1.54, 1.807) is 36.4 Å². The van der Waals surface area contributed by atoms with Crippen molar-refractivity contribution >= 4 is 16.7 Å². The molecule has 7 rings (SSSR count). The van der Waals surface area contributed by atoms with Gasteiger partial charge in [0.15, 0.2) is 0 Å². The average molecular weight is 642 g/mol. The Morgan fingerprint density at radius 1 is 0.312 bits per heavy atom. The van der Waals surface area contributed by atoms with Gasteiger partial charge < -0.3 is 0 Å². The van der Waals surface area contributed by atoms with Gasteiger partial charge >= 0.3 is 0 Å². The van der Waals surface area contributed by atoms with E-state index in [9.17, 15) is 57.9 Å². The van der Waals surface area contributed by atoms with Crippen molar-refractivity contribution in [1.29, 1.82) is 31.6 Å². The Hall–Kier alpha value is -7.80. The minimum atomic E-state index is -1.81. The molecule has 18 heteroatoms. The molecule has 222 valence electrons. The molecule has 12 nitrogen and oxygen atoms in total. The van der Waals surface area contributed by atoms with Crippen molar-refractivity contribution in [2.45, 2.75) is 0 Å². The van der Waals surface area contributed by atoms with Gasteiger partial charge in [0.1, 0.15) is 87.3 Å². The maximum atomic E-state index is 14.8. The molecule has 0 aliphatic heterocycles. The van der Waals surface area contributed by atoms with Gasteiger partial charge in [-0.15, -0.1) is 0 Å². The lowest BCUT2D eigenvalue weighted by Gasteiger charge is -2.17. The summed E-state index contributed by atoms with van der Waals surface area (Å²) < 4.78 is 88.5. The first-order valence-electron chi connectivity index (χ1n) is 12.7. The average Bonchev–Trinajstić information content (AvgIpc) is 3.66. The summed E-state index contributed by atoms with van der Waals surface area (Å²) in [5, 5.41) is 59.6. The van der Waals surface area contributed by atoms with E-state index in [4.69, 9.17) is 0 Å². The molecule has 0 atom stereocenters. The summed E-state index contributed by atoms with van der Waals surface area (Å²) in [4.78, 5) is 21.4. The van der Waals surface area contributed by atoms with Gasteiger partial charge in [-0.1, -0.05) is 0 Å². The molecule has 0 radical (unpaired) electrons. The molecule has 0 unspecified atom stereocenters. The summed E-state index contributed by atoms with van der Waals surface area (Å²) >= 11 is 0. The number of hydrogen-bond acceptors (Lipinski definition) is 12. The molecule has 0 N–H and O–H groups in total. The van der Waals surface area contributed by atoms with Crippen molar-refractivity contribution in [2.24, 2.45) is 0 Å². The molecule has 1 aromatic carbocycles. The Kier molecular flexibility index (Phi) is 5.94. The normalized spacial score (nSPS) is 12.1. The summed E-state index contributed by atoms with van der Waals surface area (Å²) in [6.07, 6.45) is 0. The predicted molar refractivity (Wildman–Crippen MR) is 141 cm³/mol. The fraction of sp³-hybridized carbons (Fsp3) is 0. The van der Waals surface area contributed by atoms with Crippen LogP contribution in [0.2, 0.25) is 0 Å². The Balaban J connectivity index is 1.91. The van der Waals surface area contributed by atoms with E-state index in [2.05, 4.69) is 29.9 Å². The molecule has 0 spiro atoms. The van der Waals surface area contributed by atoms with E-state index in [-0.39, 0.29) is 0 Å². The number of rotatable bonds is 0. The van der Waals surface area contributed by atoms with Crippen molar-refractivity contribution in [2.75, 3.05) is 0 Å². The summed E-state index contributed by atoms with van der Waals surface area (Å²) in [6.45, 7) is 0. The zero-order valence-corrected chi connectivity index (χ0v) is 22.6. The third-order valence-corrected chi connectivity index (χ3v) is 7.54. The van der Waals surface area contributed by atoms with Crippen LogP contribution in [-0.4, -0.2) is 29.9 Å². The highest BCUT2D eigenvalue weighted by molar-refractivity contribution is 6.22. The second kappa shape index (κ2) is 9.85. The lowest BCUT2D eigenvalue weighted by molar-refractivity contribution is 0.453. The first-order valence-corrected chi connectivity index (χ1v) is 12.7. The van der Waals surface area contributed by atoms with E-state index in [0.29, 0.717) is 0 Å². The van der Waals surface area contributed by atoms with Crippen molar-refractivity contribution in [3.8, 4) is 70.2 Å². The van der Waals surface area contributed by atoms with Gasteiger partial charge in [-0.2, -0.15) is 57.9 Å². The number of hydrogen-bond donors (Lipinski definition) is 0. The lowest BCUT2D eigenvalue weighted by Crippen LogP contribution is -2.01. The Morgan fingerprint density at radius 3 is 0.688 bits per heavy atom. The number of nitrogens with zero attached hydrogens (tertiary/aromatic N) is 12. The molecule has 3 aliphatic rings. The molecule has 0 saturated heterocycles. The zero-order valence-electron chi connectivity index (χ0n) is 22.6. The number of halogens is 6. The minimum Gasteiger partial charge on any atom is -0.213 e. The molecular formula is C30F6N12. The van der Waals surface area contributed by atoms with Crippen LogP contribution in [0.1, 0.15) is 33.8 Å². The van der Waals surface area contributed by atoms with Crippen LogP contribution in [0.4, 0.5) is 26.3 Å². The van der Waals surface area contributed by atoms with Gasteiger partial charge in [0.25, 0.3) is 35.7 Å². The van der Waals surface area contributed by atoms with Crippen LogP contribution in [0, 0.1) is 104 Å². The largest absolute Gasteiger partial charge is 0.269 e. The maximum absolute atomic E-state index is 14.8. The quantitative estimate of drug-likeness (QED) is 0.166. The predicted octanol–water partition coefficient (Wildman–Crippen LogP) is 4.38. The molecule has 0 bridgehead atoms. The number of aromatic nitrogens is 6. The molecule has 48 heavy (non-hydrogen) atoms. The van der Waals surface area contributed by atoms with E-state index >= 15 is 0 Å². The molecule has 0 amide bonds. The SMILES string of the molecule is N#CC(C#N)=C1c2nc(F)c(F)nc2-c2c1c1c(c3c2C(=C(C#N)C#N)c2nc(F)c(F)nc2-3)C(=C(C#N)C#N)c2nc(F)c(F)nc2-1. The van der Waals surface area contributed by atoms with E-state index in [1.165, 1.54) is 0 Å². The fourth-order valence-electron chi connectivity index (χ4n) is 5.94.